The predicted molar refractivity (Wildman–Crippen MR) is 107 cm³/mol. The molecule has 2 heteroatoms. The highest BCUT2D eigenvalue weighted by Crippen LogP contribution is 2.14. The second-order valence-electron chi connectivity index (χ2n) is 5.07. The maximum absolute atomic E-state index is 3.51. The Bertz CT molecular complexity index is 978. The largest absolute Gasteiger partial charge is 0.0617 e. The molecule has 3 aromatic carbocycles. The Morgan fingerprint density at radius 1 is 0.542 bits per heavy atom. The van der Waals surface area contributed by atoms with Crippen LogP contribution in [0, 0.1) is 23.7 Å². The molecule has 0 spiro atoms. The molecule has 0 bridgehead atoms. The van der Waals surface area contributed by atoms with Crippen LogP contribution in [0.15, 0.2) is 81.7 Å². The lowest BCUT2D eigenvalue weighted by Crippen LogP contribution is -1.80. The molecule has 3 aromatic rings. The first kappa shape index (κ1) is 16.6. The fourth-order valence-electron chi connectivity index (χ4n) is 2.05. The monoisotopic (exact) mass is 434 g/mol. The van der Waals surface area contributed by atoms with Crippen LogP contribution in [-0.2, 0) is 0 Å². The van der Waals surface area contributed by atoms with Gasteiger partial charge in [-0.3, -0.25) is 0 Å². The van der Waals surface area contributed by atoms with E-state index in [1.165, 1.54) is 0 Å². The van der Waals surface area contributed by atoms with E-state index in [9.17, 15) is 0 Å². The molecule has 0 aromatic heterocycles. The van der Waals surface area contributed by atoms with Crippen molar-refractivity contribution in [2.45, 2.75) is 0 Å². The average Bonchev–Trinajstić information content (AvgIpc) is 2.60. The van der Waals surface area contributed by atoms with Crippen molar-refractivity contribution in [3.8, 4) is 23.7 Å². The van der Waals surface area contributed by atoms with Gasteiger partial charge in [0.1, 0.15) is 0 Å². The molecule has 0 aliphatic heterocycles. The van der Waals surface area contributed by atoms with Crippen molar-refractivity contribution in [1.82, 2.24) is 0 Å². The lowest BCUT2D eigenvalue weighted by Gasteiger charge is -1.95. The molecule has 0 saturated carbocycles. The van der Waals surface area contributed by atoms with Crippen LogP contribution >= 0.6 is 31.9 Å². The molecule has 24 heavy (non-hydrogen) atoms. The molecule has 0 aliphatic rings. The molecule has 0 saturated heterocycles. The van der Waals surface area contributed by atoms with Gasteiger partial charge in [-0.05, 0) is 70.5 Å². The molecule has 0 N–H and O–H groups in total. The van der Waals surface area contributed by atoms with Gasteiger partial charge >= 0.3 is 0 Å². The summed E-state index contributed by atoms with van der Waals surface area (Å²) < 4.78 is 2.04. The highest BCUT2D eigenvalue weighted by molar-refractivity contribution is 9.10. The second kappa shape index (κ2) is 8.02. The summed E-state index contributed by atoms with van der Waals surface area (Å²) in [5.41, 5.74) is 3.92. The normalized spacial score (nSPS) is 9.42. The maximum atomic E-state index is 3.51. The van der Waals surface area contributed by atoms with Gasteiger partial charge in [0.15, 0.2) is 0 Å². The van der Waals surface area contributed by atoms with Gasteiger partial charge in [-0.25, -0.2) is 0 Å². The summed E-state index contributed by atoms with van der Waals surface area (Å²) in [6.45, 7) is 0. The molecular weight excluding hydrogens is 424 g/mol. The van der Waals surface area contributed by atoms with Gasteiger partial charge in [0.2, 0.25) is 0 Å². The van der Waals surface area contributed by atoms with Crippen molar-refractivity contribution in [3.05, 3.63) is 104 Å². The topological polar surface area (TPSA) is 0 Å². The Balaban J connectivity index is 1.77. The van der Waals surface area contributed by atoms with Crippen LogP contribution in [0.5, 0.6) is 0 Å². The minimum absolute atomic E-state index is 0.971. The number of hydrogen-bond acceptors (Lipinski definition) is 0. The first-order valence-electron chi connectivity index (χ1n) is 7.35. The quantitative estimate of drug-likeness (QED) is 0.379. The zero-order chi connectivity index (χ0) is 16.8. The molecule has 0 amide bonds. The first-order chi connectivity index (χ1) is 11.7. The molecule has 0 aliphatic carbocycles. The minimum Gasteiger partial charge on any atom is -0.0617 e. The minimum atomic E-state index is 0.971. The SMILES string of the molecule is Brc1cccc(C#Cc2ccc(C#Cc3ccccc3Br)cc2)c1. The lowest BCUT2D eigenvalue weighted by molar-refractivity contribution is 1.57. The van der Waals surface area contributed by atoms with E-state index in [1.54, 1.807) is 0 Å². The summed E-state index contributed by atoms with van der Waals surface area (Å²) in [6, 6.07) is 23.9. The summed E-state index contributed by atoms with van der Waals surface area (Å²) in [6.07, 6.45) is 0. The van der Waals surface area contributed by atoms with Gasteiger partial charge < -0.3 is 0 Å². The van der Waals surface area contributed by atoms with Crippen LogP contribution in [0.3, 0.4) is 0 Å². The van der Waals surface area contributed by atoms with Crippen molar-refractivity contribution < 1.29 is 0 Å². The van der Waals surface area contributed by atoms with Gasteiger partial charge in [0, 0.05) is 31.2 Å². The number of benzene rings is 3. The van der Waals surface area contributed by atoms with E-state index in [0.717, 1.165) is 31.2 Å². The highest BCUT2D eigenvalue weighted by atomic mass is 79.9. The van der Waals surface area contributed by atoms with Crippen molar-refractivity contribution in [1.29, 1.82) is 0 Å². The van der Waals surface area contributed by atoms with E-state index in [4.69, 9.17) is 0 Å². The maximum Gasteiger partial charge on any atom is 0.0391 e. The van der Waals surface area contributed by atoms with Crippen LogP contribution in [0.25, 0.3) is 0 Å². The summed E-state index contributed by atoms with van der Waals surface area (Å²) in [5.74, 6) is 12.7. The lowest BCUT2D eigenvalue weighted by atomic mass is 10.1. The van der Waals surface area contributed by atoms with E-state index < -0.39 is 0 Å². The van der Waals surface area contributed by atoms with Gasteiger partial charge in [-0.1, -0.05) is 57.8 Å². The summed E-state index contributed by atoms with van der Waals surface area (Å²) in [4.78, 5) is 0. The molecule has 114 valence electrons. The zero-order valence-corrected chi connectivity index (χ0v) is 15.9. The molecule has 0 nitrogen and oxygen atoms in total. The van der Waals surface area contributed by atoms with Gasteiger partial charge in [0.05, 0.1) is 0 Å². The molecular formula is C22H12Br2. The van der Waals surface area contributed by atoms with Gasteiger partial charge in [-0.15, -0.1) is 0 Å². The third-order valence-electron chi connectivity index (χ3n) is 3.28. The van der Waals surface area contributed by atoms with E-state index in [0.29, 0.717) is 0 Å². The smallest absolute Gasteiger partial charge is 0.0391 e. The number of rotatable bonds is 0. The second-order valence-corrected chi connectivity index (χ2v) is 6.84. The molecule has 0 radical (unpaired) electrons. The fraction of sp³-hybridized carbons (Fsp3) is 0. The van der Waals surface area contributed by atoms with Crippen LogP contribution in [0.1, 0.15) is 22.3 Å². The number of halogens is 2. The average molecular weight is 436 g/mol. The van der Waals surface area contributed by atoms with E-state index in [1.807, 2.05) is 72.8 Å². The predicted octanol–water partition coefficient (Wildman–Crippen LogP) is 6.01. The molecule has 0 atom stereocenters. The van der Waals surface area contributed by atoms with Crippen LogP contribution in [0.4, 0.5) is 0 Å². The van der Waals surface area contributed by atoms with Crippen molar-refractivity contribution in [3.63, 3.8) is 0 Å². The zero-order valence-electron chi connectivity index (χ0n) is 12.7. The van der Waals surface area contributed by atoms with Crippen LogP contribution < -0.4 is 0 Å². The standard InChI is InChI=1S/C22H12Br2/c23-21-6-3-4-19(16-21)13-12-17-8-10-18(11-9-17)14-15-20-5-1-2-7-22(20)24/h1-11,16H. The fourth-order valence-corrected chi connectivity index (χ4v) is 2.83. The Morgan fingerprint density at radius 3 is 1.83 bits per heavy atom. The van der Waals surface area contributed by atoms with Crippen molar-refractivity contribution in [2.24, 2.45) is 0 Å². The number of hydrogen-bond donors (Lipinski definition) is 0. The van der Waals surface area contributed by atoms with Gasteiger partial charge in [0.25, 0.3) is 0 Å². The molecule has 0 heterocycles. The van der Waals surface area contributed by atoms with Crippen LogP contribution in [-0.4, -0.2) is 0 Å². The first-order valence-corrected chi connectivity index (χ1v) is 8.93. The Labute approximate surface area is 159 Å². The third-order valence-corrected chi connectivity index (χ3v) is 4.46. The molecule has 3 rings (SSSR count). The van der Waals surface area contributed by atoms with E-state index in [2.05, 4.69) is 55.5 Å². The van der Waals surface area contributed by atoms with E-state index in [-0.39, 0.29) is 0 Å². The Hall–Kier alpha value is -2.26. The summed E-state index contributed by atoms with van der Waals surface area (Å²) in [7, 11) is 0. The molecule has 0 unspecified atom stereocenters. The Kier molecular flexibility index (Phi) is 5.55. The highest BCUT2D eigenvalue weighted by Gasteiger charge is 1.93. The van der Waals surface area contributed by atoms with E-state index >= 15 is 0 Å². The molecule has 0 fully saturated rings. The summed E-state index contributed by atoms with van der Waals surface area (Å²) >= 11 is 6.96. The Morgan fingerprint density at radius 2 is 1.17 bits per heavy atom. The van der Waals surface area contributed by atoms with Gasteiger partial charge in [-0.2, -0.15) is 0 Å². The van der Waals surface area contributed by atoms with Crippen LogP contribution in [0.2, 0.25) is 0 Å². The van der Waals surface area contributed by atoms with Crippen molar-refractivity contribution in [2.75, 3.05) is 0 Å². The van der Waals surface area contributed by atoms with Crippen molar-refractivity contribution >= 4 is 31.9 Å². The third kappa shape index (κ3) is 4.62. The summed E-state index contributed by atoms with van der Waals surface area (Å²) in [5, 5.41) is 0.